The minimum atomic E-state index is -2.71. The largest absolute Gasteiger partial charge is 0.330 e. The van der Waals surface area contributed by atoms with Gasteiger partial charge in [-0.2, -0.15) is 0 Å². The molecule has 76 valence electrons. The Kier molecular flexibility index (Phi) is 2.33. The van der Waals surface area contributed by atoms with Crippen LogP contribution in [0.4, 0.5) is 0 Å². The van der Waals surface area contributed by atoms with Crippen LogP contribution >= 0.6 is 0 Å². The van der Waals surface area contributed by atoms with E-state index in [0.29, 0.717) is 17.4 Å². The van der Waals surface area contributed by atoms with Crippen molar-refractivity contribution in [2.24, 2.45) is 11.7 Å². The summed E-state index contributed by atoms with van der Waals surface area (Å²) in [5, 5.41) is 0. The molecule has 2 heterocycles. The summed E-state index contributed by atoms with van der Waals surface area (Å²) in [4.78, 5) is 2.25. The molecular formula is C8H16N2O2S. The molecule has 2 aliphatic heterocycles. The molecule has 0 aromatic heterocycles. The summed E-state index contributed by atoms with van der Waals surface area (Å²) in [6, 6.07) is 0.285. The molecule has 0 aromatic carbocycles. The first kappa shape index (κ1) is 9.43. The van der Waals surface area contributed by atoms with Crippen LogP contribution in [0.15, 0.2) is 0 Å². The normalized spacial score (nSPS) is 34.7. The maximum absolute atomic E-state index is 11.2. The molecule has 2 rings (SSSR count). The Hall–Kier alpha value is -0.130. The van der Waals surface area contributed by atoms with Crippen molar-refractivity contribution in [2.45, 2.75) is 12.5 Å². The van der Waals surface area contributed by atoms with Gasteiger partial charge >= 0.3 is 0 Å². The summed E-state index contributed by atoms with van der Waals surface area (Å²) < 4.78 is 22.4. The van der Waals surface area contributed by atoms with E-state index in [1.165, 1.54) is 0 Å². The lowest BCUT2D eigenvalue weighted by Crippen LogP contribution is -2.54. The Balaban J connectivity index is 1.85. The summed E-state index contributed by atoms with van der Waals surface area (Å²) in [6.45, 7) is 2.73. The van der Waals surface area contributed by atoms with Gasteiger partial charge in [0.15, 0.2) is 9.84 Å². The van der Waals surface area contributed by atoms with E-state index in [4.69, 9.17) is 5.73 Å². The monoisotopic (exact) mass is 204 g/mol. The molecule has 0 aromatic rings. The molecule has 2 fully saturated rings. The lowest BCUT2D eigenvalue weighted by molar-refractivity contribution is 0.0680. The molecule has 13 heavy (non-hydrogen) atoms. The molecule has 2 saturated heterocycles. The Bertz CT molecular complexity index is 283. The summed E-state index contributed by atoms with van der Waals surface area (Å²) >= 11 is 0. The lowest BCUT2D eigenvalue weighted by atomic mass is 9.97. The third-order valence-corrected chi connectivity index (χ3v) is 4.79. The molecule has 5 heteroatoms. The fourth-order valence-electron chi connectivity index (χ4n) is 2.12. The molecule has 0 amide bonds. The summed E-state index contributed by atoms with van der Waals surface area (Å²) in [7, 11) is -2.71. The van der Waals surface area contributed by atoms with E-state index in [1.807, 2.05) is 0 Å². The molecular weight excluding hydrogens is 188 g/mol. The van der Waals surface area contributed by atoms with Crippen LogP contribution in [0.5, 0.6) is 0 Å². The van der Waals surface area contributed by atoms with Gasteiger partial charge in [-0.1, -0.05) is 0 Å². The minimum absolute atomic E-state index is 0.285. The fourth-order valence-corrected chi connectivity index (χ4v) is 3.88. The SMILES string of the molecule is NCC1CN(C2CCS(=O)(=O)C2)C1. The minimum Gasteiger partial charge on any atom is -0.330 e. The van der Waals surface area contributed by atoms with Crippen molar-refractivity contribution < 1.29 is 8.42 Å². The van der Waals surface area contributed by atoms with Crippen LogP contribution in [-0.2, 0) is 9.84 Å². The van der Waals surface area contributed by atoms with Crippen molar-refractivity contribution >= 4 is 9.84 Å². The van der Waals surface area contributed by atoms with Crippen molar-refractivity contribution in [1.82, 2.24) is 4.90 Å². The molecule has 0 aliphatic carbocycles. The number of likely N-dealkylation sites (tertiary alicyclic amines) is 1. The molecule has 0 saturated carbocycles. The zero-order chi connectivity index (χ0) is 9.47. The smallest absolute Gasteiger partial charge is 0.151 e. The highest BCUT2D eigenvalue weighted by Crippen LogP contribution is 2.24. The maximum Gasteiger partial charge on any atom is 0.151 e. The fraction of sp³-hybridized carbons (Fsp3) is 1.00. The molecule has 0 bridgehead atoms. The number of sulfone groups is 1. The van der Waals surface area contributed by atoms with Crippen molar-refractivity contribution in [3.05, 3.63) is 0 Å². The quantitative estimate of drug-likeness (QED) is 0.631. The predicted molar refractivity (Wildman–Crippen MR) is 51.2 cm³/mol. The number of rotatable bonds is 2. The van der Waals surface area contributed by atoms with Crippen LogP contribution in [0, 0.1) is 5.92 Å². The zero-order valence-electron chi connectivity index (χ0n) is 7.65. The predicted octanol–water partition coefficient (Wildman–Crippen LogP) is -0.936. The molecule has 1 unspecified atom stereocenters. The van der Waals surface area contributed by atoms with Gasteiger partial charge in [0.2, 0.25) is 0 Å². The molecule has 0 spiro atoms. The van der Waals surface area contributed by atoms with Crippen LogP contribution in [0.25, 0.3) is 0 Å². The summed E-state index contributed by atoms with van der Waals surface area (Å²) in [5.74, 6) is 1.34. The highest BCUT2D eigenvalue weighted by molar-refractivity contribution is 7.91. The van der Waals surface area contributed by atoms with E-state index in [1.54, 1.807) is 0 Å². The van der Waals surface area contributed by atoms with Gasteiger partial charge in [-0.15, -0.1) is 0 Å². The zero-order valence-corrected chi connectivity index (χ0v) is 8.46. The number of hydrogen-bond donors (Lipinski definition) is 1. The van der Waals surface area contributed by atoms with Gasteiger partial charge in [-0.05, 0) is 18.9 Å². The second-order valence-electron chi connectivity index (χ2n) is 4.11. The third-order valence-electron chi connectivity index (χ3n) is 3.04. The van der Waals surface area contributed by atoms with Crippen molar-refractivity contribution in [3.8, 4) is 0 Å². The van der Waals surface area contributed by atoms with Crippen LogP contribution in [0.2, 0.25) is 0 Å². The average molecular weight is 204 g/mol. The number of nitrogens with two attached hydrogens (primary N) is 1. The van der Waals surface area contributed by atoms with Gasteiger partial charge < -0.3 is 5.73 Å². The molecule has 2 aliphatic rings. The highest BCUT2D eigenvalue weighted by Gasteiger charge is 2.37. The Morgan fingerprint density at radius 1 is 1.38 bits per heavy atom. The van der Waals surface area contributed by atoms with E-state index in [2.05, 4.69) is 4.90 Å². The molecule has 2 N–H and O–H groups in total. The van der Waals surface area contributed by atoms with Gasteiger partial charge in [0.25, 0.3) is 0 Å². The van der Waals surface area contributed by atoms with Gasteiger partial charge in [-0.3, -0.25) is 4.90 Å². The maximum atomic E-state index is 11.2. The molecule has 1 atom stereocenters. The van der Waals surface area contributed by atoms with E-state index in [9.17, 15) is 8.42 Å². The van der Waals surface area contributed by atoms with Crippen molar-refractivity contribution in [3.63, 3.8) is 0 Å². The van der Waals surface area contributed by atoms with Crippen molar-refractivity contribution in [1.29, 1.82) is 0 Å². The van der Waals surface area contributed by atoms with Crippen molar-refractivity contribution in [2.75, 3.05) is 31.1 Å². The van der Waals surface area contributed by atoms with Gasteiger partial charge in [-0.25, -0.2) is 8.42 Å². The topological polar surface area (TPSA) is 63.4 Å². The highest BCUT2D eigenvalue weighted by atomic mass is 32.2. The lowest BCUT2D eigenvalue weighted by Gasteiger charge is -2.42. The van der Waals surface area contributed by atoms with E-state index >= 15 is 0 Å². The van der Waals surface area contributed by atoms with E-state index in [-0.39, 0.29) is 6.04 Å². The van der Waals surface area contributed by atoms with Crippen LogP contribution < -0.4 is 5.73 Å². The van der Waals surface area contributed by atoms with E-state index < -0.39 is 9.84 Å². The van der Waals surface area contributed by atoms with Gasteiger partial charge in [0.1, 0.15) is 0 Å². The second kappa shape index (κ2) is 3.22. The standard InChI is InChI=1S/C8H16N2O2S/c9-3-7-4-10(5-7)8-1-2-13(11,12)6-8/h7-8H,1-6,9H2. The van der Waals surface area contributed by atoms with Crippen LogP contribution in [0.3, 0.4) is 0 Å². The van der Waals surface area contributed by atoms with Gasteiger partial charge in [0.05, 0.1) is 11.5 Å². The Labute approximate surface area is 79.0 Å². The van der Waals surface area contributed by atoms with Gasteiger partial charge in [0, 0.05) is 19.1 Å². The molecule has 4 nitrogen and oxygen atoms in total. The Morgan fingerprint density at radius 3 is 2.54 bits per heavy atom. The van der Waals surface area contributed by atoms with E-state index in [0.717, 1.165) is 26.1 Å². The second-order valence-corrected chi connectivity index (χ2v) is 6.34. The number of hydrogen-bond acceptors (Lipinski definition) is 4. The summed E-state index contributed by atoms with van der Waals surface area (Å²) in [5.41, 5.74) is 5.50. The summed E-state index contributed by atoms with van der Waals surface area (Å²) in [6.07, 6.45) is 0.819. The van der Waals surface area contributed by atoms with Crippen LogP contribution in [-0.4, -0.2) is 50.5 Å². The van der Waals surface area contributed by atoms with Crippen LogP contribution in [0.1, 0.15) is 6.42 Å². The first-order chi connectivity index (χ1) is 6.11. The Morgan fingerprint density at radius 2 is 2.08 bits per heavy atom. The first-order valence-corrected chi connectivity index (χ1v) is 6.57. The average Bonchev–Trinajstić information content (AvgIpc) is 2.28. The first-order valence-electron chi connectivity index (χ1n) is 4.75. The number of nitrogens with zero attached hydrogens (tertiary/aromatic N) is 1. The third kappa shape index (κ3) is 1.87. The molecule has 0 radical (unpaired) electrons.